The predicted molar refractivity (Wildman–Crippen MR) is 62.6 cm³/mol. The fourth-order valence-corrected chi connectivity index (χ4v) is 1.83. The van der Waals surface area contributed by atoms with Crippen LogP contribution >= 0.6 is 0 Å². The molecule has 19 heavy (non-hydrogen) atoms. The van der Waals surface area contributed by atoms with Crippen molar-refractivity contribution in [1.82, 2.24) is 9.55 Å². The number of aryl methyl sites for hydroxylation is 1. The molecule has 0 spiro atoms. The van der Waals surface area contributed by atoms with Gasteiger partial charge in [-0.2, -0.15) is 0 Å². The number of aromatic amines is 1. The Kier molecular flexibility index (Phi) is 3.18. The molecular weight excluding hydrogens is 256 g/mol. The van der Waals surface area contributed by atoms with Crippen molar-refractivity contribution in [3.63, 3.8) is 0 Å². The SMILES string of the molecule is [2H][C@]1(C(=O)OC)O[C@@H](n2cc(C)c(=O)[nH]c2=O)C[C@@H]1O. The van der Waals surface area contributed by atoms with Gasteiger partial charge >= 0.3 is 11.7 Å². The van der Waals surface area contributed by atoms with E-state index in [1.165, 1.54) is 13.1 Å². The molecule has 1 fully saturated rings. The number of hydrogen-bond acceptors (Lipinski definition) is 6. The van der Waals surface area contributed by atoms with Crippen molar-refractivity contribution < 1.29 is 20.7 Å². The molecule has 0 bridgehead atoms. The number of nitrogens with zero attached hydrogens (tertiary/aromatic N) is 1. The normalized spacial score (nSPS) is 31.0. The van der Waals surface area contributed by atoms with Crippen LogP contribution in [0.15, 0.2) is 15.8 Å². The first-order valence-corrected chi connectivity index (χ1v) is 5.56. The number of ether oxygens (including phenoxy) is 2. The van der Waals surface area contributed by atoms with Crippen molar-refractivity contribution in [3.8, 4) is 0 Å². The van der Waals surface area contributed by atoms with E-state index in [2.05, 4.69) is 9.72 Å². The number of nitrogens with one attached hydrogen (secondary N) is 1. The number of esters is 1. The molecular formula is C11H14N2O6. The minimum absolute atomic E-state index is 0.149. The molecule has 0 unspecified atom stereocenters. The van der Waals surface area contributed by atoms with Crippen LogP contribution in [0.1, 0.15) is 19.6 Å². The summed E-state index contributed by atoms with van der Waals surface area (Å²) >= 11 is 0. The molecule has 1 aromatic rings. The number of carbonyl (C=O) groups is 1. The van der Waals surface area contributed by atoms with Crippen LogP contribution in [-0.4, -0.2) is 39.9 Å². The zero-order chi connectivity index (χ0) is 15.1. The van der Waals surface area contributed by atoms with E-state index < -0.39 is 35.6 Å². The number of aromatic nitrogens is 2. The third-order valence-corrected chi connectivity index (χ3v) is 2.83. The average Bonchev–Trinajstić information content (AvgIpc) is 2.70. The van der Waals surface area contributed by atoms with E-state index in [4.69, 9.17) is 6.11 Å². The maximum Gasteiger partial charge on any atom is 0.337 e. The molecule has 1 aromatic heterocycles. The summed E-state index contributed by atoms with van der Waals surface area (Å²) in [5, 5.41) is 9.80. The van der Waals surface area contributed by atoms with Crippen LogP contribution in [-0.2, 0) is 14.3 Å². The summed E-state index contributed by atoms with van der Waals surface area (Å²) in [7, 11) is 1.07. The molecule has 1 saturated heterocycles. The Labute approximate surface area is 109 Å². The molecule has 0 aliphatic carbocycles. The van der Waals surface area contributed by atoms with Gasteiger partial charge in [-0.3, -0.25) is 14.3 Å². The lowest BCUT2D eigenvalue weighted by atomic mass is 10.2. The van der Waals surface area contributed by atoms with Crippen molar-refractivity contribution in [2.45, 2.75) is 31.8 Å². The Morgan fingerprint density at radius 3 is 3.00 bits per heavy atom. The van der Waals surface area contributed by atoms with E-state index in [1.54, 1.807) is 0 Å². The van der Waals surface area contributed by atoms with Crippen LogP contribution < -0.4 is 11.2 Å². The van der Waals surface area contributed by atoms with Crippen molar-refractivity contribution in [2.24, 2.45) is 0 Å². The number of methoxy groups -OCH3 is 1. The summed E-state index contributed by atoms with van der Waals surface area (Å²) in [5.74, 6) is -1.05. The third-order valence-electron chi connectivity index (χ3n) is 2.83. The Morgan fingerprint density at radius 2 is 2.37 bits per heavy atom. The summed E-state index contributed by atoms with van der Waals surface area (Å²) in [6, 6.07) is 0. The predicted octanol–water partition coefficient (Wildman–Crippen LogP) is -1.33. The summed E-state index contributed by atoms with van der Waals surface area (Å²) in [4.78, 5) is 36.6. The van der Waals surface area contributed by atoms with Gasteiger partial charge in [-0.05, 0) is 6.92 Å². The van der Waals surface area contributed by atoms with E-state index in [0.717, 1.165) is 11.7 Å². The van der Waals surface area contributed by atoms with E-state index in [0.29, 0.717) is 0 Å². The number of hydrogen-bond donors (Lipinski definition) is 2. The van der Waals surface area contributed by atoms with Crippen molar-refractivity contribution in [3.05, 3.63) is 32.6 Å². The molecule has 8 nitrogen and oxygen atoms in total. The maximum atomic E-state index is 11.7. The first kappa shape index (κ1) is 12.1. The second-order valence-electron chi connectivity index (χ2n) is 4.16. The molecule has 2 heterocycles. The van der Waals surface area contributed by atoms with Crippen LogP contribution in [0, 0.1) is 6.92 Å². The van der Waals surface area contributed by atoms with Crippen LogP contribution in [0.4, 0.5) is 0 Å². The van der Waals surface area contributed by atoms with Crippen LogP contribution in [0.25, 0.3) is 0 Å². The summed E-state index contributed by atoms with van der Waals surface area (Å²) in [6.45, 7) is 1.49. The van der Waals surface area contributed by atoms with Crippen LogP contribution in [0.2, 0.25) is 0 Å². The van der Waals surface area contributed by atoms with Crippen molar-refractivity contribution in [1.29, 1.82) is 0 Å². The van der Waals surface area contributed by atoms with Gasteiger partial charge in [0, 0.05) is 18.2 Å². The van der Waals surface area contributed by atoms with E-state index >= 15 is 0 Å². The lowest BCUT2D eigenvalue weighted by Gasteiger charge is -2.14. The minimum atomic E-state index is -2.29. The van der Waals surface area contributed by atoms with Gasteiger partial charge in [-0.15, -0.1) is 0 Å². The highest BCUT2D eigenvalue weighted by molar-refractivity contribution is 5.75. The Balaban J connectivity index is 2.39. The molecule has 8 heteroatoms. The van der Waals surface area contributed by atoms with Crippen LogP contribution in [0.3, 0.4) is 0 Å². The summed E-state index contributed by atoms with van der Waals surface area (Å²) in [6.07, 6.45) is -3.67. The molecule has 3 atom stereocenters. The van der Waals surface area contributed by atoms with Gasteiger partial charge in [-0.1, -0.05) is 0 Å². The number of carbonyl (C=O) groups excluding carboxylic acids is 1. The maximum absolute atomic E-state index is 11.7. The first-order chi connectivity index (χ1) is 9.29. The third kappa shape index (κ3) is 2.45. The van der Waals surface area contributed by atoms with Gasteiger partial charge in [0.1, 0.15) is 6.23 Å². The molecule has 1 aliphatic rings. The van der Waals surface area contributed by atoms with Gasteiger partial charge in [0.15, 0.2) is 6.08 Å². The van der Waals surface area contributed by atoms with Gasteiger partial charge in [0.25, 0.3) is 5.56 Å². The van der Waals surface area contributed by atoms with Crippen molar-refractivity contribution in [2.75, 3.05) is 7.11 Å². The average molecular weight is 271 g/mol. The molecule has 0 amide bonds. The Bertz CT molecular complexity index is 653. The summed E-state index contributed by atoms with van der Waals surface area (Å²) in [5.41, 5.74) is -1.01. The lowest BCUT2D eigenvalue weighted by Crippen LogP contribution is -2.34. The smallest absolute Gasteiger partial charge is 0.337 e. The molecule has 1 aliphatic heterocycles. The van der Waals surface area contributed by atoms with Gasteiger partial charge in [-0.25, -0.2) is 9.59 Å². The zero-order valence-corrected chi connectivity index (χ0v) is 10.4. The monoisotopic (exact) mass is 271 g/mol. The topological polar surface area (TPSA) is 111 Å². The number of H-pyrrole nitrogens is 1. The largest absolute Gasteiger partial charge is 0.467 e. The number of rotatable bonds is 2. The molecule has 2 N–H and O–H groups in total. The molecule has 2 rings (SSSR count). The zero-order valence-electron chi connectivity index (χ0n) is 11.4. The minimum Gasteiger partial charge on any atom is -0.467 e. The quantitative estimate of drug-likeness (QED) is 0.644. The van der Waals surface area contributed by atoms with Crippen molar-refractivity contribution >= 4 is 5.97 Å². The Morgan fingerprint density at radius 1 is 1.68 bits per heavy atom. The lowest BCUT2D eigenvalue weighted by molar-refractivity contribution is -0.159. The van der Waals surface area contributed by atoms with E-state index in [-0.39, 0.29) is 12.0 Å². The second-order valence-corrected chi connectivity index (χ2v) is 4.16. The molecule has 104 valence electrons. The molecule has 0 radical (unpaired) electrons. The summed E-state index contributed by atoms with van der Waals surface area (Å²) < 4.78 is 18.4. The van der Waals surface area contributed by atoms with Gasteiger partial charge in [0.05, 0.1) is 14.6 Å². The fourth-order valence-electron chi connectivity index (χ4n) is 1.83. The fraction of sp³-hybridized carbons (Fsp3) is 0.545. The van der Waals surface area contributed by atoms with Crippen LogP contribution in [0.5, 0.6) is 0 Å². The number of aliphatic hydroxyl groups excluding tert-OH is 1. The second kappa shape index (κ2) is 4.98. The number of aliphatic hydroxyl groups is 1. The van der Waals surface area contributed by atoms with E-state index in [9.17, 15) is 19.5 Å². The van der Waals surface area contributed by atoms with Gasteiger partial charge < -0.3 is 14.6 Å². The van der Waals surface area contributed by atoms with E-state index in [1.807, 2.05) is 0 Å². The highest BCUT2D eigenvalue weighted by Gasteiger charge is 2.40. The standard InChI is InChI=1S/C11H14N2O6/c1-5-4-13(11(17)12-9(5)15)7-3-6(14)8(19-7)10(16)18-2/h4,6-8,14H,3H2,1-2H3,(H,12,15,17)/t6-,7+,8-/m0/s1/i8D. The molecule has 0 aromatic carbocycles. The highest BCUT2D eigenvalue weighted by Crippen LogP contribution is 2.28. The molecule has 0 saturated carbocycles. The first-order valence-electron chi connectivity index (χ1n) is 6.06. The highest BCUT2D eigenvalue weighted by atomic mass is 16.6. The van der Waals surface area contributed by atoms with Gasteiger partial charge in [0.2, 0.25) is 0 Å². The Hall–Kier alpha value is -1.93.